The Kier molecular flexibility index (Phi) is 3.84. The fourth-order valence-electron chi connectivity index (χ4n) is 1.79. The molecule has 0 aliphatic rings. The number of rotatable bonds is 3. The maximum atomic E-state index is 13.6. The van der Waals surface area contributed by atoms with E-state index in [1.165, 1.54) is 30.3 Å². The van der Waals surface area contributed by atoms with Crippen LogP contribution in [0.2, 0.25) is 0 Å². The van der Waals surface area contributed by atoms with E-state index in [2.05, 4.69) is 5.32 Å². The van der Waals surface area contributed by atoms with Crippen LogP contribution < -0.4 is 5.32 Å². The van der Waals surface area contributed by atoms with Gasteiger partial charge in [-0.1, -0.05) is 6.07 Å². The molecule has 2 aromatic rings. The third-order valence-electron chi connectivity index (χ3n) is 2.79. The van der Waals surface area contributed by atoms with Gasteiger partial charge in [-0.15, -0.1) is 0 Å². The predicted octanol–water partition coefficient (Wildman–Crippen LogP) is 3.00. The second kappa shape index (κ2) is 5.58. The molecular formula is C14H11FN2O4. The number of nitro groups is 1. The van der Waals surface area contributed by atoms with Crippen LogP contribution >= 0.6 is 0 Å². The molecule has 0 fully saturated rings. The summed E-state index contributed by atoms with van der Waals surface area (Å²) in [6.07, 6.45) is 0. The van der Waals surface area contributed by atoms with Gasteiger partial charge in [0.15, 0.2) is 0 Å². The number of phenols is 1. The summed E-state index contributed by atoms with van der Waals surface area (Å²) in [4.78, 5) is 22.3. The van der Waals surface area contributed by atoms with Crippen LogP contribution in [0.4, 0.5) is 15.8 Å². The first-order valence-electron chi connectivity index (χ1n) is 5.93. The number of hydrogen-bond donors (Lipinski definition) is 2. The van der Waals surface area contributed by atoms with Crippen molar-refractivity contribution in [3.05, 3.63) is 63.5 Å². The van der Waals surface area contributed by atoms with Crippen LogP contribution in [0.5, 0.6) is 5.75 Å². The first-order valence-corrected chi connectivity index (χ1v) is 5.93. The van der Waals surface area contributed by atoms with E-state index in [4.69, 9.17) is 5.11 Å². The van der Waals surface area contributed by atoms with E-state index in [9.17, 15) is 19.3 Å². The third-order valence-corrected chi connectivity index (χ3v) is 2.79. The van der Waals surface area contributed by atoms with Crippen LogP contribution in [-0.2, 0) is 0 Å². The lowest BCUT2D eigenvalue weighted by molar-refractivity contribution is -0.385. The molecule has 0 aromatic heterocycles. The average molecular weight is 290 g/mol. The molecule has 0 saturated heterocycles. The van der Waals surface area contributed by atoms with Gasteiger partial charge < -0.3 is 10.4 Å². The highest BCUT2D eigenvalue weighted by Crippen LogP contribution is 2.23. The number of nitro benzene ring substituents is 1. The van der Waals surface area contributed by atoms with Crippen LogP contribution in [-0.4, -0.2) is 15.9 Å². The molecule has 108 valence electrons. The van der Waals surface area contributed by atoms with Gasteiger partial charge >= 0.3 is 0 Å². The number of benzene rings is 2. The van der Waals surface area contributed by atoms with Gasteiger partial charge in [0, 0.05) is 12.1 Å². The van der Waals surface area contributed by atoms with Crippen molar-refractivity contribution in [2.45, 2.75) is 6.92 Å². The fraction of sp³-hybridized carbons (Fsp3) is 0.0714. The van der Waals surface area contributed by atoms with E-state index in [0.29, 0.717) is 5.56 Å². The van der Waals surface area contributed by atoms with Gasteiger partial charge in [-0.25, -0.2) is 4.39 Å². The Morgan fingerprint density at radius 3 is 2.62 bits per heavy atom. The Bertz CT molecular complexity index is 731. The minimum absolute atomic E-state index is 0.160. The third kappa shape index (κ3) is 3.14. The molecule has 0 saturated carbocycles. The molecule has 2 N–H and O–H groups in total. The Morgan fingerprint density at radius 1 is 1.29 bits per heavy atom. The molecule has 0 unspecified atom stereocenters. The lowest BCUT2D eigenvalue weighted by atomic mass is 10.1. The predicted molar refractivity (Wildman–Crippen MR) is 73.9 cm³/mol. The van der Waals surface area contributed by atoms with Crippen molar-refractivity contribution in [1.29, 1.82) is 0 Å². The summed E-state index contributed by atoms with van der Waals surface area (Å²) >= 11 is 0. The number of aromatic hydroxyl groups is 1. The summed E-state index contributed by atoms with van der Waals surface area (Å²) in [5.41, 5.74) is -0.0321. The van der Waals surface area contributed by atoms with Gasteiger partial charge in [0.1, 0.15) is 17.1 Å². The Morgan fingerprint density at radius 2 is 2.00 bits per heavy atom. The Balaban J connectivity index is 2.36. The van der Waals surface area contributed by atoms with Gasteiger partial charge in [-0.3, -0.25) is 14.9 Å². The molecule has 1 amide bonds. The number of phenolic OH excluding ortho intramolecular Hbond substituents is 1. The number of anilines is 1. The van der Waals surface area contributed by atoms with Crippen molar-refractivity contribution in [3.63, 3.8) is 0 Å². The maximum absolute atomic E-state index is 13.6. The van der Waals surface area contributed by atoms with E-state index < -0.39 is 16.6 Å². The fourth-order valence-corrected chi connectivity index (χ4v) is 1.79. The average Bonchev–Trinajstić information content (AvgIpc) is 2.41. The molecule has 0 atom stereocenters. The van der Waals surface area contributed by atoms with Crippen LogP contribution in [0.25, 0.3) is 0 Å². The van der Waals surface area contributed by atoms with Gasteiger partial charge in [0.25, 0.3) is 11.6 Å². The van der Waals surface area contributed by atoms with Crippen molar-refractivity contribution in [3.8, 4) is 5.75 Å². The quantitative estimate of drug-likeness (QED) is 0.516. The van der Waals surface area contributed by atoms with E-state index in [1.807, 2.05) is 0 Å². The van der Waals surface area contributed by atoms with E-state index in [-0.39, 0.29) is 22.7 Å². The molecule has 0 heterocycles. The van der Waals surface area contributed by atoms with Crippen molar-refractivity contribution in [1.82, 2.24) is 0 Å². The zero-order chi connectivity index (χ0) is 15.6. The molecule has 0 aliphatic carbocycles. The second-order valence-electron chi connectivity index (χ2n) is 4.40. The molecule has 6 nitrogen and oxygen atoms in total. The van der Waals surface area contributed by atoms with Gasteiger partial charge in [-0.2, -0.15) is 0 Å². The molecule has 0 radical (unpaired) electrons. The number of halogens is 1. The molecule has 21 heavy (non-hydrogen) atoms. The molecule has 2 aromatic carbocycles. The number of amides is 1. The summed E-state index contributed by atoms with van der Waals surface area (Å²) in [5.74, 6) is -1.92. The SMILES string of the molecule is Cc1ccc([N+](=O)[O-])c(C(=O)Nc2ccc(O)cc2F)c1. The Labute approximate surface area is 119 Å². The summed E-state index contributed by atoms with van der Waals surface area (Å²) in [7, 11) is 0. The second-order valence-corrected chi connectivity index (χ2v) is 4.40. The monoisotopic (exact) mass is 290 g/mol. The van der Waals surface area contributed by atoms with E-state index >= 15 is 0 Å². The van der Waals surface area contributed by atoms with E-state index in [1.54, 1.807) is 6.92 Å². The molecule has 0 aliphatic heterocycles. The zero-order valence-electron chi connectivity index (χ0n) is 11.0. The number of nitrogens with one attached hydrogen (secondary N) is 1. The number of carbonyl (C=O) groups excluding carboxylic acids is 1. The number of aryl methyl sites for hydroxylation is 1. The molecular weight excluding hydrogens is 279 g/mol. The Hall–Kier alpha value is -2.96. The number of hydrogen-bond acceptors (Lipinski definition) is 4. The van der Waals surface area contributed by atoms with Crippen LogP contribution in [0.15, 0.2) is 36.4 Å². The van der Waals surface area contributed by atoms with Gasteiger partial charge in [-0.05, 0) is 30.7 Å². The normalized spacial score (nSPS) is 10.2. The van der Waals surface area contributed by atoms with E-state index in [0.717, 1.165) is 6.07 Å². The zero-order valence-corrected chi connectivity index (χ0v) is 11.0. The van der Waals surface area contributed by atoms with Crippen LogP contribution in [0.1, 0.15) is 15.9 Å². The minimum atomic E-state index is -0.835. The lowest BCUT2D eigenvalue weighted by Gasteiger charge is -2.08. The standard InChI is InChI=1S/C14H11FN2O4/c1-8-2-5-13(17(20)21)10(6-8)14(19)16-12-4-3-9(18)7-11(12)15/h2-7,18H,1H3,(H,16,19). The summed E-state index contributed by atoms with van der Waals surface area (Å²) in [5, 5.41) is 22.3. The summed E-state index contributed by atoms with van der Waals surface area (Å²) < 4.78 is 13.6. The molecule has 0 bridgehead atoms. The van der Waals surface area contributed by atoms with Crippen molar-refractivity contribution in [2.75, 3.05) is 5.32 Å². The highest BCUT2D eigenvalue weighted by molar-refractivity contribution is 6.07. The lowest BCUT2D eigenvalue weighted by Crippen LogP contribution is -2.15. The highest BCUT2D eigenvalue weighted by atomic mass is 19.1. The molecule has 7 heteroatoms. The van der Waals surface area contributed by atoms with Gasteiger partial charge in [0.2, 0.25) is 0 Å². The first kappa shape index (κ1) is 14.4. The minimum Gasteiger partial charge on any atom is -0.508 e. The number of carbonyl (C=O) groups is 1. The molecule has 0 spiro atoms. The number of nitrogens with zero attached hydrogens (tertiary/aromatic N) is 1. The maximum Gasteiger partial charge on any atom is 0.282 e. The topological polar surface area (TPSA) is 92.5 Å². The highest BCUT2D eigenvalue weighted by Gasteiger charge is 2.21. The van der Waals surface area contributed by atoms with Gasteiger partial charge in [0.05, 0.1) is 10.6 Å². The first-order chi connectivity index (χ1) is 9.88. The van der Waals surface area contributed by atoms with Crippen molar-refractivity contribution in [2.24, 2.45) is 0 Å². The van der Waals surface area contributed by atoms with Crippen molar-refractivity contribution < 1.29 is 19.2 Å². The molecule has 2 rings (SSSR count). The van der Waals surface area contributed by atoms with Crippen LogP contribution in [0.3, 0.4) is 0 Å². The summed E-state index contributed by atoms with van der Waals surface area (Å²) in [6.45, 7) is 1.68. The van der Waals surface area contributed by atoms with Crippen molar-refractivity contribution >= 4 is 17.3 Å². The summed E-state index contributed by atoms with van der Waals surface area (Å²) in [6, 6.07) is 7.28. The smallest absolute Gasteiger partial charge is 0.282 e. The van der Waals surface area contributed by atoms with Crippen LogP contribution in [0, 0.1) is 22.9 Å². The largest absolute Gasteiger partial charge is 0.508 e.